The smallest absolute Gasteiger partial charge is 0.310 e. The Kier molecular flexibility index (Phi) is 5.19. The number of urea groups is 1. The number of carbonyl (C=O) groups excluding carboxylic acids is 2. The molecule has 4 nitrogen and oxygen atoms in total. The van der Waals surface area contributed by atoms with Crippen molar-refractivity contribution >= 4 is 23.7 Å². The van der Waals surface area contributed by atoms with Gasteiger partial charge in [0.2, 0.25) is 0 Å². The fourth-order valence-electron chi connectivity index (χ4n) is 4.11. The summed E-state index contributed by atoms with van der Waals surface area (Å²) in [7, 11) is 0. The van der Waals surface area contributed by atoms with Gasteiger partial charge in [0, 0.05) is 16.7 Å². The van der Waals surface area contributed by atoms with Gasteiger partial charge in [-0.15, -0.1) is 11.8 Å². The average Bonchev–Trinajstić information content (AvgIpc) is 3.21. The molecule has 1 saturated carbocycles. The second-order valence-corrected chi connectivity index (χ2v) is 9.61. The van der Waals surface area contributed by atoms with Crippen LogP contribution in [0.15, 0.2) is 59.5 Å². The summed E-state index contributed by atoms with van der Waals surface area (Å²) in [6.45, 7) is 4.31. The van der Waals surface area contributed by atoms with Gasteiger partial charge in [-0.3, -0.25) is 10.1 Å². The van der Waals surface area contributed by atoms with Crippen LogP contribution in [0.3, 0.4) is 0 Å². The third-order valence-corrected chi connectivity index (χ3v) is 7.20. The molecule has 0 bridgehead atoms. The molecule has 1 aliphatic heterocycles. The average molecular weight is 395 g/mol. The molecule has 5 heteroatoms. The van der Waals surface area contributed by atoms with Gasteiger partial charge in [-0.05, 0) is 62.3 Å². The molecular weight excluding hydrogens is 368 g/mol. The van der Waals surface area contributed by atoms with Gasteiger partial charge in [-0.2, -0.15) is 0 Å². The number of nitrogens with one attached hydrogen (secondary N) is 1. The molecule has 2 atom stereocenters. The summed E-state index contributed by atoms with van der Waals surface area (Å²) >= 11 is 1.93. The van der Waals surface area contributed by atoms with Crippen molar-refractivity contribution in [2.75, 3.05) is 6.54 Å². The fourth-order valence-corrected chi connectivity index (χ4v) is 5.41. The van der Waals surface area contributed by atoms with Gasteiger partial charge in [-0.1, -0.05) is 42.5 Å². The lowest BCUT2D eigenvalue weighted by Gasteiger charge is -2.30. The minimum atomic E-state index is -0.740. The van der Waals surface area contributed by atoms with E-state index >= 15 is 0 Å². The number of carbonyl (C=O) groups is 2. The largest absolute Gasteiger partial charge is 0.325 e. The van der Waals surface area contributed by atoms with Crippen LogP contribution in [0.1, 0.15) is 33.1 Å². The van der Waals surface area contributed by atoms with E-state index in [-0.39, 0.29) is 11.9 Å². The van der Waals surface area contributed by atoms with Gasteiger partial charge in [0.15, 0.2) is 0 Å². The van der Waals surface area contributed by atoms with E-state index in [4.69, 9.17) is 0 Å². The Morgan fingerprint density at radius 2 is 1.68 bits per heavy atom. The van der Waals surface area contributed by atoms with E-state index in [2.05, 4.69) is 53.8 Å². The molecule has 2 aromatic carbocycles. The topological polar surface area (TPSA) is 49.4 Å². The lowest BCUT2D eigenvalue weighted by molar-refractivity contribution is -0.125. The summed E-state index contributed by atoms with van der Waals surface area (Å²) in [5.74, 6) is 0.261. The first-order chi connectivity index (χ1) is 13.4. The minimum Gasteiger partial charge on any atom is -0.310 e. The zero-order valence-electron chi connectivity index (χ0n) is 16.4. The van der Waals surface area contributed by atoms with Crippen molar-refractivity contribution in [2.45, 2.75) is 48.8 Å². The first kappa shape index (κ1) is 19.1. The third-order valence-electron chi connectivity index (χ3n) is 5.89. The highest BCUT2D eigenvalue weighted by Gasteiger charge is 2.46. The number of hydrogen-bond acceptors (Lipinski definition) is 3. The molecule has 2 aliphatic rings. The van der Waals surface area contributed by atoms with Crippen LogP contribution in [0.2, 0.25) is 0 Å². The highest BCUT2D eigenvalue weighted by molar-refractivity contribution is 8.00. The molecular formula is C23H26N2O2S. The van der Waals surface area contributed by atoms with Gasteiger partial charge >= 0.3 is 6.03 Å². The molecule has 146 valence electrons. The molecule has 0 spiro atoms. The van der Waals surface area contributed by atoms with Crippen molar-refractivity contribution in [1.82, 2.24) is 10.2 Å². The third kappa shape index (κ3) is 3.81. The Labute approximate surface area is 170 Å². The van der Waals surface area contributed by atoms with E-state index in [0.29, 0.717) is 17.7 Å². The maximum atomic E-state index is 12.1. The van der Waals surface area contributed by atoms with Crippen LogP contribution in [0, 0.1) is 5.92 Å². The van der Waals surface area contributed by atoms with E-state index in [1.807, 2.05) is 31.7 Å². The molecule has 0 aromatic heterocycles. The van der Waals surface area contributed by atoms with E-state index in [9.17, 15) is 9.59 Å². The quantitative estimate of drug-likeness (QED) is 0.731. The van der Waals surface area contributed by atoms with Crippen molar-refractivity contribution in [1.29, 1.82) is 0 Å². The Balaban J connectivity index is 1.34. The summed E-state index contributed by atoms with van der Waals surface area (Å²) in [5, 5.41) is 3.01. The van der Waals surface area contributed by atoms with Crippen LogP contribution in [0.5, 0.6) is 0 Å². The second kappa shape index (κ2) is 7.63. The van der Waals surface area contributed by atoms with Crippen LogP contribution in [-0.4, -0.2) is 34.2 Å². The van der Waals surface area contributed by atoms with Crippen molar-refractivity contribution in [3.05, 3.63) is 54.6 Å². The summed E-state index contributed by atoms with van der Waals surface area (Å²) < 4.78 is 0. The van der Waals surface area contributed by atoms with Crippen LogP contribution < -0.4 is 5.32 Å². The van der Waals surface area contributed by atoms with Crippen LogP contribution >= 0.6 is 11.8 Å². The van der Waals surface area contributed by atoms with Gasteiger partial charge in [0.05, 0.1) is 0 Å². The molecule has 2 fully saturated rings. The van der Waals surface area contributed by atoms with Crippen molar-refractivity contribution in [2.24, 2.45) is 5.92 Å². The first-order valence-electron chi connectivity index (χ1n) is 9.88. The standard InChI is InChI=1S/C23H26N2O2S/c1-23(2)21(26)24-22(27)25(23)15-16-8-11-20(14-16)28-19-12-9-18(10-13-19)17-6-4-3-5-7-17/h3-7,9-10,12-13,16,20H,8,11,14-15H2,1-2H3,(H,24,26,27)/t16-,20+/m1/s1. The summed E-state index contributed by atoms with van der Waals surface area (Å²) in [4.78, 5) is 27.0. The zero-order valence-corrected chi connectivity index (χ0v) is 17.2. The molecule has 0 radical (unpaired) electrons. The lowest BCUT2D eigenvalue weighted by atomic mass is 10.0. The van der Waals surface area contributed by atoms with Crippen LogP contribution in [-0.2, 0) is 4.79 Å². The molecule has 1 N–H and O–H groups in total. The molecule has 1 heterocycles. The Morgan fingerprint density at radius 1 is 1.00 bits per heavy atom. The first-order valence-corrected chi connectivity index (χ1v) is 10.8. The Hall–Kier alpha value is -2.27. The number of amides is 3. The van der Waals surface area contributed by atoms with E-state index in [1.165, 1.54) is 16.0 Å². The summed E-state index contributed by atoms with van der Waals surface area (Å²) in [6.07, 6.45) is 3.34. The molecule has 1 saturated heterocycles. The molecule has 28 heavy (non-hydrogen) atoms. The predicted molar refractivity (Wildman–Crippen MR) is 113 cm³/mol. The summed E-state index contributed by atoms with van der Waals surface area (Å²) in [6, 6.07) is 19.0. The number of nitrogens with zero attached hydrogens (tertiary/aromatic N) is 1. The van der Waals surface area contributed by atoms with Crippen LogP contribution in [0.25, 0.3) is 11.1 Å². The monoisotopic (exact) mass is 394 g/mol. The van der Waals surface area contributed by atoms with E-state index in [1.54, 1.807) is 4.90 Å². The van der Waals surface area contributed by atoms with Crippen LogP contribution in [0.4, 0.5) is 4.79 Å². The molecule has 2 aromatic rings. The second-order valence-electron chi connectivity index (χ2n) is 8.24. The minimum absolute atomic E-state index is 0.195. The normalized spacial score (nSPS) is 23.9. The maximum Gasteiger partial charge on any atom is 0.325 e. The predicted octanol–water partition coefficient (Wildman–Crippen LogP) is 4.94. The molecule has 0 unspecified atom stereocenters. The van der Waals surface area contributed by atoms with Gasteiger partial charge < -0.3 is 4.90 Å². The van der Waals surface area contributed by atoms with Gasteiger partial charge in [-0.25, -0.2) is 4.79 Å². The number of benzene rings is 2. The van der Waals surface area contributed by atoms with E-state index in [0.717, 1.165) is 19.3 Å². The molecule has 1 aliphatic carbocycles. The fraction of sp³-hybridized carbons (Fsp3) is 0.391. The number of imide groups is 1. The molecule has 3 amide bonds. The number of hydrogen-bond donors (Lipinski definition) is 1. The van der Waals surface area contributed by atoms with Crippen molar-refractivity contribution in [3.8, 4) is 11.1 Å². The SMILES string of the molecule is CC1(C)C(=O)NC(=O)N1C[C@@H]1CC[C@H](Sc2ccc(-c3ccccc3)cc2)C1. The Morgan fingerprint density at radius 3 is 2.32 bits per heavy atom. The van der Waals surface area contributed by atoms with Gasteiger partial charge in [0.25, 0.3) is 5.91 Å². The van der Waals surface area contributed by atoms with E-state index < -0.39 is 5.54 Å². The van der Waals surface area contributed by atoms with Crippen molar-refractivity contribution in [3.63, 3.8) is 0 Å². The highest BCUT2D eigenvalue weighted by atomic mass is 32.2. The lowest BCUT2D eigenvalue weighted by Crippen LogP contribution is -2.46. The highest BCUT2D eigenvalue weighted by Crippen LogP contribution is 2.39. The Bertz CT molecular complexity index is 864. The summed E-state index contributed by atoms with van der Waals surface area (Å²) in [5.41, 5.74) is 1.73. The molecule has 4 rings (SSSR count). The number of thioether (sulfide) groups is 1. The zero-order chi connectivity index (χ0) is 19.7. The maximum absolute atomic E-state index is 12.1. The number of rotatable bonds is 5. The van der Waals surface area contributed by atoms with Gasteiger partial charge in [0.1, 0.15) is 5.54 Å². The van der Waals surface area contributed by atoms with Crippen molar-refractivity contribution < 1.29 is 9.59 Å².